The third kappa shape index (κ3) is 1.98. The van der Waals surface area contributed by atoms with Crippen molar-refractivity contribution in [3.63, 3.8) is 0 Å². The standard InChI is InChI=1S/C11H13BrFN/c12-9-5-3-4-8(11(9)13)10-6-1-2-7-14-10/h3-5,10,14H,1-2,6-7H2/t10-/m1/s1. The van der Waals surface area contributed by atoms with Gasteiger partial charge >= 0.3 is 0 Å². The molecule has 0 bridgehead atoms. The Morgan fingerprint density at radius 2 is 2.21 bits per heavy atom. The van der Waals surface area contributed by atoms with Crippen LogP contribution in [0.25, 0.3) is 0 Å². The first-order valence-corrected chi connectivity index (χ1v) is 5.75. The molecule has 1 aromatic rings. The van der Waals surface area contributed by atoms with Gasteiger partial charge in [0.05, 0.1) is 4.47 Å². The summed E-state index contributed by atoms with van der Waals surface area (Å²) in [6, 6.07) is 5.69. The predicted molar refractivity (Wildman–Crippen MR) is 58.7 cm³/mol. The van der Waals surface area contributed by atoms with Crippen LogP contribution < -0.4 is 5.32 Å². The Morgan fingerprint density at radius 1 is 1.36 bits per heavy atom. The van der Waals surface area contributed by atoms with Crippen LogP contribution in [0.2, 0.25) is 0 Å². The van der Waals surface area contributed by atoms with Crippen molar-refractivity contribution in [2.75, 3.05) is 6.54 Å². The Morgan fingerprint density at radius 3 is 2.93 bits per heavy atom. The van der Waals surface area contributed by atoms with Crippen molar-refractivity contribution in [2.24, 2.45) is 0 Å². The summed E-state index contributed by atoms with van der Waals surface area (Å²) < 4.78 is 14.3. The van der Waals surface area contributed by atoms with E-state index < -0.39 is 0 Å². The Balaban J connectivity index is 2.26. The van der Waals surface area contributed by atoms with Crippen LogP contribution in [0.5, 0.6) is 0 Å². The van der Waals surface area contributed by atoms with Crippen molar-refractivity contribution in [1.29, 1.82) is 0 Å². The van der Waals surface area contributed by atoms with Crippen LogP contribution in [0, 0.1) is 5.82 Å². The molecule has 0 radical (unpaired) electrons. The molecule has 1 aliphatic heterocycles. The van der Waals surface area contributed by atoms with Crippen molar-refractivity contribution in [2.45, 2.75) is 25.3 Å². The minimum atomic E-state index is -0.119. The summed E-state index contributed by atoms with van der Waals surface area (Å²) in [5, 5.41) is 3.34. The molecule has 14 heavy (non-hydrogen) atoms. The maximum Gasteiger partial charge on any atom is 0.142 e. The lowest BCUT2D eigenvalue weighted by atomic mass is 9.97. The second kappa shape index (κ2) is 4.41. The van der Waals surface area contributed by atoms with E-state index in [-0.39, 0.29) is 11.9 Å². The van der Waals surface area contributed by atoms with Gasteiger partial charge in [-0.25, -0.2) is 4.39 Å². The number of piperidine rings is 1. The molecule has 0 saturated carbocycles. The van der Waals surface area contributed by atoms with Gasteiger partial charge in [-0.3, -0.25) is 0 Å². The van der Waals surface area contributed by atoms with Crippen LogP contribution in [0.3, 0.4) is 0 Å². The van der Waals surface area contributed by atoms with Crippen LogP contribution in [-0.2, 0) is 0 Å². The Kier molecular flexibility index (Phi) is 3.19. The highest BCUT2D eigenvalue weighted by atomic mass is 79.9. The highest BCUT2D eigenvalue weighted by Gasteiger charge is 2.18. The molecule has 3 heteroatoms. The lowest BCUT2D eigenvalue weighted by Gasteiger charge is -2.24. The minimum absolute atomic E-state index is 0.119. The van der Waals surface area contributed by atoms with Crippen molar-refractivity contribution in [3.8, 4) is 0 Å². The fraction of sp³-hybridized carbons (Fsp3) is 0.455. The van der Waals surface area contributed by atoms with E-state index in [0.717, 1.165) is 18.5 Å². The second-order valence-corrected chi connectivity index (χ2v) is 4.50. The lowest BCUT2D eigenvalue weighted by molar-refractivity contribution is 0.399. The summed E-state index contributed by atoms with van der Waals surface area (Å²) in [5.41, 5.74) is 0.791. The van der Waals surface area contributed by atoms with E-state index in [2.05, 4.69) is 21.2 Å². The third-order valence-electron chi connectivity index (χ3n) is 2.67. The second-order valence-electron chi connectivity index (χ2n) is 3.65. The summed E-state index contributed by atoms with van der Waals surface area (Å²) in [6.07, 6.45) is 3.42. The van der Waals surface area contributed by atoms with E-state index in [1.807, 2.05) is 12.1 Å². The van der Waals surface area contributed by atoms with Crippen molar-refractivity contribution in [1.82, 2.24) is 5.32 Å². The van der Waals surface area contributed by atoms with Crippen molar-refractivity contribution in [3.05, 3.63) is 34.1 Å². The molecule has 1 aliphatic rings. The Bertz CT molecular complexity index is 321. The number of hydrogen-bond acceptors (Lipinski definition) is 1. The first kappa shape index (κ1) is 10.1. The van der Waals surface area contributed by atoms with E-state index in [0.29, 0.717) is 4.47 Å². The van der Waals surface area contributed by atoms with E-state index in [9.17, 15) is 4.39 Å². The first-order valence-electron chi connectivity index (χ1n) is 4.96. The highest BCUT2D eigenvalue weighted by Crippen LogP contribution is 2.28. The van der Waals surface area contributed by atoms with Crippen molar-refractivity contribution < 1.29 is 4.39 Å². The molecule has 1 atom stereocenters. The third-order valence-corrected chi connectivity index (χ3v) is 3.28. The summed E-state index contributed by atoms with van der Waals surface area (Å²) in [7, 11) is 0. The Hall–Kier alpha value is -0.410. The monoisotopic (exact) mass is 257 g/mol. The van der Waals surface area contributed by atoms with Crippen molar-refractivity contribution >= 4 is 15.9 Å². The van der Waals surface area contributed by atoms with Gasteiger partial charge in [-0.15, -0.1) is 0 Å². The molecule has 0 aromatic heterocycles. The van der Waals surface area contributed by atoms with Gasteiger partial charge < -0.3 is 5.32 Å². The number of nitrogens with one attached hydrogen (secondary N) is 1. The fourth-order valence-electron chi connectivity index (χ4n) is 1.91. The SMILES string of the molecule is Fc1c(Br)cccc1[C@H]1CCCCN1. The molecule has 2 rings (SSSR count). The topological polar surface area (TPSA) is 12.0 Å². The lowest BCUT2D eigenvalue weighted by Crippen LogP contribution is -2.27. The molecular weight excluding hydrogens is 245 g/mol. The van der Waals surface area contributed by atoms with E-state index in [1.54, 1.807) is 6.07 Å². The van der Waals surface area contributed by atoms with Gasteiger partial charge in [-0.1, -0.05) is 18.6 Å². The van der Waals surface area contributed by atoms with Gasteiger partial charge in [-0.05, 0) is 41.4 Å². The predicted octanol–water partition coefficient (Wildman–Crippen LogP) is 3.40. The molecule has 0 amide bonds. The zero-order chi connectivity index (χ0) is 9.97. The fourth-order valence-corrected chi connectivity index (χ4v) is 2.29. The first-order chi connectivity index (χ1) is 6.79. The molecule has 0 spiro atoms. The molecule has 1 saturated heterocycles. The van der Waals surface area contributed by atoms with Crippen LogP contribution in [0.4, 0.5) is 4.39 Å². The molecule has 1 N–H and O–H groups in total. The van der Waals surface area contributed by atoms with Gasteiger partial charge in [0.1, 0.15) is 5.82 Å². The molecule has 0 unspecified atom stereocenters. The summed E-state index contributed by atoms with van der Waals surface area (Å²) in [6.45, 7) is 0.997. The van der Waals surface area contributed by atoms with Crippen LogP contribution in [0.1, 0.15) is 30.9 Å². The molecule has 76 valence electrons. The van der Waals surface area contributed by atoms with Gasteiger partial charge in [0.2, 0.25) is 0 Å². The zero-order valence-electron chi connectivity index (χ0n) is 7.89. The maximum atomic E-state index is 13.7. The highest BCUT2D eigenvalue weighted by molar-refractivity contribution is 9.10. The normalized spacial score (nSPS) is 22.3. The zero-order valence-corrected chi connectivity index (χ0v) is 9.48. The van der Waals surface area contributed by atoms with E-state index in [1.165, 1.54) is 12.8 Å². The van der Waals surface area contributed by atoms with E-state index in [4.69, 9.17) is 0 Å². The molecular formula is C11H13BrFN. The number of halogens is 2. The van der Waals surface area contributed by atoms with Gasteiger partial charge in [0, 0.05) is 11.6 Å². The number of rotatable bonds is 1. The average Bonchev–Trinajstić information content (AvgIpc) is 2.23. The molecule has 1 aromatic carbocycles. The minimum Gasteiger partial charge on any atom is -0.310 e. The number of benzene rings is 1. The smallest absolute Gasteiger partial charge is 0.142 e. The van der Waals surface area contributed by atoms with Gasteiger partial charge in [0.15, 0.2) is 0 Å². The molecule has 0 aliphatic carbocycles. The molecule has 1 heterocycles. The largest absolute Gasteiger partial charge is 0.310 e. The van der Waals surface area contributed by atoms with Gasteiger partial charge in [0.25, 0.3) is 0 Å². The average molecular weight is 258 g/mol. The van der Waals surface area contributed by atoms with Gasteiger partial charge in [-0.2, -0.15) is 0 Å². The summed E-state index contributed by atoms with van der Waals surface area (Å²) in [4.78, 5) is 0. The quantitative estimate of drug-likeness (QED) is 0.814. The van der Waals surface area contributed by atoms with Crippen LogP contribution >= 0.6 is 15.9 Å². The summed E-state index contributed by atoms with van der Waals surface area (Å²) in [5.74, 6) is -0.119. The van der Waals surface area contributed by atoms with E-state index >= 15 is 0 Å². The maximum absolute atomic E-state index is 13.7. The summed E-state index contributed by atoms with van der Waals surface area (Å²) >= 11 is 3.21. The number of hydrogen-bond donors (Lipinski definition) is 1. The van der Waals surface area contributed by atoms with Crippen LogP contribution in [0.15, 0.2) is 22.7 Å². The van der Waals surface area contributed by atoms with Crippen LogP contribution in [-0.4, -0.2) is 6.54 Å². The Labute approximate surface area is 91.8 Å². The molecule has 1 nitrogen and oxygen atoms in total. The molecule has 1 fully saturated rings.